The quantitative estimate of drug-likeness (QED) is 0.364. The first kappa shape index (κ1) is 29.9. The zero-order valence-electron chi connectivity index (χ0n) is 23.5. The van der Waals surface area contributed by atoms with Crippen molar-refractivity contribution in [2.75, 3.05) is 45.2 Å². The van der Waals surface area contributed by atoms with Crippen molar-refractivity contribution in [1.82, 2.24) is 15.2 Å². The molecule has 0 bridgehead atoms. The zero-order valence-corrected chi connectivity index (χ0v) is 23.5. The van der Waals surface area contributed by atoms with Crippen LogP contribution in [-0.4, -0.2) is 56.1 Å². The molecular weight excluding hydrogens is 531 g/mol. The summed E-state index contributed by atoms with van der Waals surface area (Å²) in [5, 5.41) is 12.8. The fourth-order valence-corrected chi connectivity index (χ4v) is 5.14. The first-order valence-corrected chi connectivity index (χ1v) is 13.6. The molecule has 1 saturated heterocycles. The second-order valence-corrected chi connectivity index (χ2v) is 10.4. The van der Waals surface area contributed by atoms with Crippen molar-refractivity contribution in [1.29, 1.82) is 5.26 Å². The summed E-state index contributed by atoms with van der Waals surface area (Å²) < 4.78 is 45.4. The summed E-state index contributed by atoms with van der Waals surface area (Å²) in [6.45, 7) is 3.91. The van der Waals surface area contributed by atoms with Crippen molar-refractivity contribution in [2.24, 2.45) is 0 Å². The number of benzene rings is 2. The number of pyridine rings is 1. The van der Waals surface area contributed by atoms with E-state index >= 15 is 0 Å². The van der Waals surface area contributed by atoms with E-state index in [-0.39, 0.29) is 11.5 Å². The van der Waals surface area contributed by atoms with Gasteiger partial charge in [0.15, 0.2) is 0 Å². The summed E-state index contributed by atoms with van der Waals surface area (Å²) in [4.78, 5) is 21.6. The maximum Gasteiger partial charge on any atom is 0.416 e. The topological polar surface area (TPSA) is 81.5 Å². The van der Waals surface area contributed by atoms with E-state index < -0.39 is 17.3 Å². The largest absolute Gasteiger partial charge is 0.493 e. The van der Waals surface area contributed by atoms with Crippen molar-refractivity contribution in [3.8, 4) is 23.1 Å². The monoisotopic (exact) mass is 565 g/mol. The number of amides is 1. The lowest BCUT2D eigenvalue weighted by molar-refractivity contribution is -0.137. The molecule has 3 aromatic rings. The third-order valence-electron chi connectivity index (χ3n) is 7.35. The molecule has 1 fully saturated rings. The number of alkyl halides is 3. The maximum atomic E-state index is 13.2. The van der Waals surface area contributed by atoms with Crippen LogP contribution in [-0.2, 0) is 16.5 Å². The molecule has 1 amide bonds. The lowest BCUT2D eigenvalue weighted by atomic mass is 9.81. The molecule has 216 valence electrons. The maximum absolute atomic E-state index is 13.2. The predicted octanol–water partition coefficient (Wildman–Crippen LogP) is 5.60. The molecule has 0 saturated carbocycles. The highest BCUT2D eigenvalue weighted by Crippen LogP contribution is 2.38. The highest BCUT2D eigenvalue weighted by molar-refractivity contribution is 5.77. The summed E-state index contributed by atoms with van der Waals surface area (Å²) in [6.07, 6.45) is -1.45. The number of carbonyl (C=O) groups is 1. The number of hydrogen-bond acceptors (Lipinski definition) is 6. The first-order valence-electron chi connectivity index (χ1n) is 13.6. The summed E-state index contributed by atoms with van der Waals surface area (Å²) in [5.74, 6) is 0.644. The Balaban J connectivity index is 1.61. The van der Waals surface area contributed by atoms with E-state index in [4.69, 9.17) is 9.72 Å². The smallest absolute Gasteiger partial charge is 0.416 e. The second-order valence-electron chi connectivity index (χ2n) is 10.4. The minimum absolute atomic E-state index is 0.0265. The Morgan fingerprint density at radius 1 is 1.15 bits per heavy atom. The number of hydrogen-bond donors (Lipinski definition) is 1. The van der Waals surface area contributed by atoms with E-state index in [1.807, 2.05) is 73.3 Å². The van der Waals surface area contributed by atoms with Crippen LogP contribution in [0, 0.1) is 11.3 Å². The van der Waals surface area contributed by atoms with Gasteiger partial charge in [-0.1, -0.05) is 18.2 Å². The Morgan fingerprint density at radius 3 is 2.49 bits per heavy atom. The van der Waals surface area contributed by atoms with Crippen LogP contribution in [0.4, 0.5) is 18.9 Å². The van der Waals surface area contributed by atoms with Crippen LogP contribution in [0.3, 0.4) is 0 Å². The summed E-state index contributed by atoms with van der Waals surface area (Å²) in [6, 6.07) is 16.7. The zero-order chi connectivity index (χ0) is 29.6. The molecule has 0 spiro atoms. The molecule has 0 radical (unpaired) electrons. The van der Waals surface area contributed by atoms with E-state index in [0.717, 1.165) is 34.7 Å². The Morgan fingerprint density at radius 2 is 1.88 bits per heavy atom. The van der Waals surface area contributed by atoms with Gasteiger partial charge in [-0.25, -0.2) is 0 Å². The normalized spacial score (nSPS) is 14.9. The number of nitrogens with one attached hydrogen (secondary N) is 1. The standard InChI is InChI=1S/C31H34F3N5O2/c1-4-41-28-8-6-5-7-25(28)26-11-9-24(21-36-26)30(37-29(40)13-16-38(2)3)14-17-39(18-15-30)27-12-10-23(31(32,33)34)19-22(27)20-35/h5-12,19,21H,4,13-18H2,1-3H3,(H,37,40). The molecule has 0 aliphatic carbocycles. The number of aromatic nitrogens is 1. The number of rotatable bonds is 9. The Hall–Kier alpha value is -4.10. The summed E-state index contributed by atoms with van der Waals surface area (Å²) >= 11 is 0. The van der Waals surface area contributed by atoms with Gasteiger partial charge >= 0.3 is 6.18 Å². The highest BCUT2D eigenvalue weighted by Gasteiger charge is 2.39. The van der Waals surface area contributed by atoms with Gasteiger partial charge in [0.2, 0.25) is 5.91 Å². The van der Waals surface area contributed by atoms with Crippen molar-refractivity contribution < 1.29 is 22.7 Å². The van der Waals surface area contributed by atoms with Crippen LogP contribution < -0.4 is 15.0 Å². The number of para-hydroxylation sites is 1. The van der Waals surface area contributed by atoms with E-state index in [0.29, 0.717) is 51.2 Å². The van der Waals surface area contributed by atoms with Crippen molar-refractivity contribution >= 4 is 11.6 Å². The second kappa shape index (κ2) is 12.6. The number of carbonyl (C=O) groups excluding carboxylic acids is 1. The van der Waals surface area contributed by atoms with Gasteiger partial charge in [-0.2, -0.15) is 18.4 Å². The molecule has 41 heavy (non-hydrogen) atoms. The molecule has 1 aromatic heterocycles. The van der Waals surface area contributed by atoms with Gasteiger partial charge in [0.25, 0.3) is 0 Å². The number of anilines is 1. The van der Waals surface area contributed by atoms with Crippen molar-refractivity contribution in [2.45, 2.75) is 37.9 Å². The lowest BCUT2D eigenvalue weighted by Gasteiger charge is -2.43. The van der Waals surface area contributed by atoms with Crippen LogP contribution in [0.5, 0.6) is 5.75 Å². The fourth-order valence-electron chi connectivity index (χ4n) is 5.14. The van der Waals surface area contributed by atoms with Gasteiger partial charge < -0.3 is 19.9 Å². The SMILES string of the molecule is CCOc1ccccc1-c1ccc(C2(NC(=O)CCN(C)C)CCN(c3ccc(C(F)(F)F)cc3C#N)CC2)cn1. The third-order valence-corrected chi connectivity index (χ3v) is 7.35. The molecule has 1 N–H and O–H groups in total. The number of nitriles is 1. The minimum atomic E-state index is -4.53. The van der Waals surface area contributed by atoms with Crippen LogP contribution in [0.25, 0.3) is 11.3 Å². The summed E-state index contributed by atoms with van der Waals surface area (Å²) in [7, 11) is 3.81. The van der Waals surface area contributed by atoms with Gasteiger partial charge in [-0.15, -0.1) is 0 Å². The van der Waals surface area contributed by atoms with Crippen molar-refractivity contribution in [3.05, 3.63) is 77.5 Å². The molecule has 10 heteroatoms. The van der Waals surface area contributed by atoms with E-state index in [1.165, 1.54) is 6.07 Å². The molecule has 2 aromatic carbocycles. The van der Waals surface area contributed by atoms with Gasteiger partial charge in [0.1, 0.15) is 11.8 Å². The van der Waals surface area contributed by atoms with E-state index in [9.17, 15) is 23.2 Å². The Bertz CT molecular complexity index is 1390. The number of halogens is 3. The van der Waals surface area contributed by atoms with E-state index in [1.54, 1.807) is 6.20 Å². The molecule has 7 nitrogen and oxygen atoms in total. The van der Waals surface area contributed by atoms with Crippen molar-refractivity contribution in [3.63, 3.8) is 0 Å². The Labute approximate surface area is 238 Å². The van der Waals surface area contributed by atoms with Crippen LogP contribution >= 0.6 is 0 Å². The molecule has 2 heterocycles. The average molecular weight is 566 g/mol. The third kappa shape index (κ3) is 6.98. The molecule has 0 atom stereocenters. The molecule has 1 aliphatic heterocycles. The first-order chi connectivity index (χ1) is 19.6. The minimum Gasteiger partial charge on any atom is -0.493 e. The predicted molar refractivity (Wildman–Crippen MR) is 151 cm³/mol. The van der Waals surface area contributed by atoms with Crippen LogP contribution in [0.1, 0.15) is 42.9 Å². The number of nitrogens with zero attached hydrogens (tertiary/aromatic N) is 4. The van der Waals surface area contributed by atoms with Gasteiger partial charge in [0, 0.05) is 37.8 Å². The van der Waals surface area contributed by atoms with Gasteiger partial charge in [-0.05, 0) is 75.8 Å². The molecule has 1 aliphatic rings. The van der Waals surface area contributed by atoms with Gasteiger partial charge in [0.05, 0.1) is 34.7 Å². The number of piperidine rings is 1. The lowest BCUT2D eigenvalue weighted by Crippen LogP contribution is -2.53. The molecule has 0 unspecified atom stereocenters. The van der Waals surface area contributed by atoms with E-state index in [2.05, 4.69) is 5.32 Å². The molecular formula is C31H34F3N5O2. The van der Waals surface area contributed by atoms with Gasteiger partial charge in [-0.3, -0.25) is 9.78 Å². The summed E-state index contributed by atoms with van der Waals surface area (Å²) in [5.41, 5.74) is 1.31. The molecule has 4 rings (SSSR count). The van der Waals surface area contributed by atoms with Crippen LogP contribution in [0.2, 0.25) is 0 Å². The Kier molecular flexibility index (Phi) is 9.18. The average Bonchev–Trinajstić information content (AvgIpc) is 2.96. The fraction of sp³-hybridized carbons (Fsp3) is 0.387. The number of ether oxygens (including phenoxy) is 1. The highest BCUT2D eigenvalue weighted by atomic mass is 19.4. The van der Waals surface area contributed by atoms with Crippen LogP contribution in [0.15, 0.2) is 60.8 Å².